The fourth-order valence-electron chi connectivity index (χ4n) is 3.13. The van der Waals surface area contributed by atoms with Crippen LogP contribution in [-0.4, -0.2) is 25.9 Å². The maximum Gasteiger partial charge on any atom is 0.242 e. The highest BCUT2D eigenvalue weighted by Crippen LogP contribution is 2.40. The number of carbonyl (C=O) groups is 1. The number of nitrogens with one attached hydrogen (secondary N) is 1. The van der Waals surface area contributed by atoms with Crippen LogP contribution >= 0.6 is 23.1 Å². The van der Waals surface area contributed by atoms with Crippen molar-refractivity contribution in [1.82, 2.24) is 4.98 Å². The Kier molecular flexibility index (Phi) is 6.99. The predicted octanol–water partition coefficient (Wildman–Crippen LogP) is 4.81. The minimum absolute atomic E-state index is 0.0182. The number of primary sulfonamides is 1. The predicted molar refractivity (Wildman–Crippen MR) is 132 cm³/mol. The van der Waals surface area contributed by atoms with Crippen molar-refractivity contribution in [2.75, 3.05) is 11.9 Å². The van der Waals surface area contributed by atoms with Gasteiger partial charge in [0.05, 0.1) is 21.7 Å². The first-order valence-corrected chi connectivity index (χ1v) is 13.3. The monoisotopic (exact) mass is 499 g/mol. The Morgan fingerprint density at radius 1 is 1.12 bits per heavy atom. The molecule has 4 rings (SSSR count). The first-order chi connectivity index (χ1) is 15.8. The van der Waals surface area contributed by atoms with E-state index in [1.807, 2.05) is 55.5 Å². The maximum absolute atomic E-state index is 13.2. The highest BCUT2D eigenvalue weighted by atomic mass is 32.2. The average molecular weight is 500 g/mol. The third-order valence-electron chi connectivity index (χ3n) is 4.66. The van der Waals surface area contributed by atoms with Crippen LogP contribution < -0.4 is 15.2 Å². The Morgan fingerprint density at radius 3 is 2.52 bits per heavy atom. The van der Waals surface area contributed by atoms with E-state index in [1.165, 1.54) is 47.4 Å². The van der Waals surface area contributed by atoms with Crippen molar-refractivity contribution in [3.63, 3.8) is 0 Å². The number of thioether (sulfide) groups is 1. The van der Waals surface area contributed by atoms with Gasteiger partial charge in [-0.25, -0.2) is 18.5 Å². The summed E-state index contributed by atoms with van der Waals surface area (Å²) < 4.78 is 30.2. The lowest BCUT2D eigenvalue weighted by Gasteiger charge is -2.16. The topological polar surface area (TPSA) is 111 Å². The van der Waals surface area contributed by atoms with Crippen LogP contribution in [0.3, 0.4) is 0 Å². The van der Waals surface area contributed by atoms with E-state index < -0.39 is 15.3 Å². The van der Waals surface area contributed by atoms with Crippen LogP contribution in [0.4, 0.5) is 5.69 Å². The van der Waals surface area contributed by atoms with Gasteiger partial charge in [0.1, 0.15) is 11.0 Å². The van der Waals surface area contributed by atoms with Crippen LogP contribution in [0.1, 0.15) is 17.7 Å². The van der Waals surface area contributed by atoms with Gasteiger partial charge >= 0.3 is 0 Å². The van der Waals surface area contributed by atoms with Gasteiger partial charge in [0.15, 0.2) is 4.34 Å². The molecule has 0 unspecified atom stereocenters. The molecule has 1 heterocycles. The third-order valence-corrected chi connectivity index (χ3v) is 7.96. The van der Waals surface area contributed by atoms with Gasteiger partial charge in [-0.3, -0.25) is 4.79 Å². The number of carbonyl (C=O) groups excluding carboxylic acids is 1. The van der Waals surface area contributed by atoms with E-state index >= 15 is 0 Å². The third kappa shape index (κ3) is 5.72. The number of aromatic nitrogens is 1. The molecule has 0 saturated heterocycles. The molecule has 7 nitrogen and oxygen atoms in total. The van der Waals surface area contributed by atoms with Gasteiger partial charge in [-0.1, -0.05) is 42.1 Å². The summed E-state index contributed by atoms with van der Waals surface area (Å²) in [5.74, 6) is 0.536. The minimum Gasteiger partial charge on any atom is -0.494 e. The summed E-state index contributed by atoms with van der Waals surface area (Å²) in [5.41, 5.74) is 2.15. The standard InChI is InChI=1S/C23H21N3O4S3/c1-2-30-17-10-13-19-20(14-17)31-23(26-19)32-21(15-6-4-3-5-7-15)22(27)25-16-8-11-18(12-9-16)33(24,28)29/h3-14,21H,2H2,1H3,(H,25,27)(H2,24,28,29)/t21-/m0/s1. The molecular formula is C23H21N3O4S3. The zero-order valence-electron chi connectivity index (χ0n) is 17.6. The van der Waals surface area contributed by atoms with Gasteiger partial charge in [-0.2, -0.15) is 0 Å². The Labute approximate surface area is 200 Å². The van der Waals surface area contributed by atoms with Gasteiger partial charge in [-0.05, 0) is 55.0 Å². The fourth-order valence-corrected chi connectivity index (χ4v) is 5.93. The van der Waals surface area contributed by atoms with Crippen molar-refractivity contribution < 1.29 is 17.9 Å². The smallest absolute Gasteiger partial charge is 0.242 e. The van der Waals surface area contributed by atoms with Gasteiger partial charge in [0, 0.05) is 5.69 Å². The number of rotatable bonds is 8. The van der Waals surface area contributed by atoms with Crippen LogP contribution in [0, 0.1) is 0 Å². The van der Waals surface area contributed by atoms with Crippen LogP contribution in [0.5, 0.6) is 5.75 Å². The van der Waals surface area contributed by atoms with Gasteiger partial charge in [-0.15, -0.1) is 11.3 Å². The number of ether oxygens (including phenoxy) is 1. The molecule has 33 heavy (non-hydrogen) atoms. The lowest BCUT2D eigenvalue weighted by Crippen LogP contribution is -2.19. The quantitative estimate of drug-likeness (QED) is 0.336. The average Bonchev–Trinajstić information content (AvgIpc) is 3.20. The Hall–Kier alpha value is -2.92. The van der Waals surface area contributed by atoms with Crippen molar-refractivity contribution >= 4 is 54.9 Å². The van der Waals surface area contributed by atoms with Crippen molar-refractivity contribution in [1.29, 1.82) is 0 Å². The number of sulfonamides is 1. The van der Waals surface area contributed by atoms with E-state index in [-0.39, 0.29) is 10.8 Å². The molecule has 0 aliphatic rings. The molecule has 3 aromatic carbocycles. The molecule has 0 spiro atoms. The second-order valence-corrected chi connectivity index (χ2v) is 11.0. The first kappa shape index (κ1) is 23.2. The summed E-state index contributed by atoms with van der Waals surface area (Å²) in [4.78, 5) is 17.9. The Bertz CT molecular complexity index is 1370. The number of hydrogen-bond donors (Lipinski definition) is 2. The summed E-state index contributed by atoms with van der Waals surface area (Å²) in [5, 5.41) is 7.45. The fraction of sp³-hybridized carbons (Fsp3) is 0.130. The minimum atomic E-state index is -3.80. The van der Waals surface area contributed by atoms with E-state index in [0.717, 1.165) is 25.9 Å². The second-order valence-electron chi connectivity index (χ2n) is 7.01. The van der Waals surface area contributed by atoms with Gasteiger partial charge < -0.3 is 10.1 Å². The summed E-state index contributed by atoms with van der Waals surface area (Å²) in [6, 6.07) is 20.9. The molecule has 10 heteroatoms. The number of thiazole rings is 1. The summed E-state index contributed by atoms with van der Waals surface area (Å²) in [6.45, 7) is 2.52. The lowest BCUT2D eigenvalue weighted by atomic mass is 10.1. The number of hydrogen-bond acceptors (Lipinski definition) is 7. The molecule has 4 aromatic rings. The zero-order valence-corrected chi connectivity index (χ0v) is 20.0. The first-order valence-electron chi connectivity index (χ1n) is 10.0. The second kappa shape index (κ2) is 9.92. The summed E-state index contributed by atoms with van der Waals surface area (Å²) in [7, 11) is -3.80. The normalized spacial score (nSPS) is 12.4. The Balaban J connectivity index is 1.59. The molecule has 0 bridgehead atoms. The number of nitrogens with zero attached hydrogens (tertiary/aromatic N) is 1. The van der Waals surface area contributed by atoms with Gasteiger partial charge in [0.25, 0.3) is 0 Å². The van der Waals surface area contributed by atoms with Crippen LogP contribution in [0.2, 0.25) is 0 Å². The van der Waals surface area contributed by atoms with Crippen LogP contribution in [-0.2, 0) is 14.8 Å². The molecule has 0 radical (unpaired) electrons. The van der Waals surface area contributed by atoms with Crippen LogP contribution in [0.15, 0.2) is 82.0 Å². The molecule has 0 aliphatic carbocycles. The lowest BCUT2D eigenvalue weighted by molar-refractivity contribution is -0.115. The molecule has 0 saturated carbocycles. The van der Waals surface area contributed by atoms with E-state index in [0.29, 0.717) is 12.3 Å². The van der Waals surface area contributed by atoms with E-state index in [2.05, 4.69) is 10.3 Å². The molecule has 1 aromatic heterocycles. The Morgan fingerprint density at radius 2 is 1.85 bits per heavy atom. The largest absolute Gasteiger partial charge is 0.494 e. The highest BCUT2D eigenvalue weighted by molar-refractivity contribution is 8.02. The molecule has 0 fully saturated rings. The molecule has 170 valence electrons. The van der Waals surface area contributed by atoms with Crippen molar-refractivity contribution in [3.05, 3.63) is 78.4 Å². The molecular weight excluding hydrogens is 478 g/mol. The van der Waals surface area contributed by atoms with Crippen molar-refractivity contribution in [2.45, 2.75) is 21.4 Å². The number of amides is 1. The summed E-state index contributed by atoms with van der Waals surface area (Å²) in [6.07, 6.45) is 0. The number of anilines is 1. The van der Waals surface area contributed by atoms with E-state index in [4.69, 9.17) is 9.88 Å². The summed E-state index contributed by atoms with van der Waals surface area (Å²) >= 11 is 2.86. The van der Waals surface area contributed by atoms with Crippen molar-refractivity contribution in [3.8, 4) is 5.75 Å². The van der Waals surface area contributed by atoms with Crippen molar-refractivity contribution in [2.24, 2.45) is 5.14 Å². The molecule has 0 aliphatic heterocycles. The van der Waals surface area contributed by atoms with Gasteiger partial charge in [0.2, 0.25) is 15.9 Å². The van der Waals surface area contributed by atoms with Crippen LogP contribution in [0.25, 0.3) is 10.2 Å². The molecule has 1 atom stereocenters. The van der Waals surface area contributed by atoms with E-state index in [1.54, 1.807) is 0 Å². The molecule has 3 N–H and O–H groups in total. The highest BCUT2D eigenvalue weighted by Gasteiger charge is 2.24. The van der Waals surface area contributed by atoms with E-state index in [9.17, 15) is 13.2 Å². The maximum atomic E-state index is 13.2. The number of benzene rings is 3. The number of nitrogens with two attached hydrogens (primary N) is 1. The SMILES string of the molecule is CCOc1ccc2nc(S[C@H](C(=O)Nc3ccc(S(N)(=O)=O)cc3)c3ccccc3)sc2c1. The molecule has 1 amide bonds. The number of fused-ring (bicyclic) bond motifs is 1. The zero-order chi connectivity index (χ0) is 23.4.